The molecule has 0 radical (unpaired) electrons. The lowest BCUT2D eigenvalue weighted by molar-refractivity contribution is 0.218. The van der Waals surface area contributed by atoms with Crippen LogP contribution >= 0.6 is 0 Å². The number of rotatable bonds is 4. The molecule has 19 heavy (non-hydrogen) atoms. The van der Waals surface area contributed by atoms with Crippen LogP contribution in [0, 0.1) is 23.7 Å². The summed E-state index contributed by atoms with van der Waals surface area (Å²) in [7, 11) is 0. The lowest BCUT2D eigenvalue weighted by Gasteiger charge is -2.28. The summed E-state index contributed by atoms with van der Waals surface area (Å²) in [5, 5.41) is 6.25. The van der Waals surface area contributed by atoms with Gasteiger partial charge in [0.15, 0.2) is 0 Å². The molecule has 0 aromatic carbocycles. The Hall–Kier alpha value is -0.730. The van der Waals surface area contributed by atoms with Gasteiger partial charge in [0, 0.05) is 12.6 Å². The van der Waals surface area contributed by atoms with Gasteiger partial charge in [0.1, 0.15) is 0 Å². The zero-order chi connectivity index (χ0) is 13.2. The molecule has 0 aromatic rings. The predicted molar refractivity (Wildman–Crippen MR) is 76.9 cm³/mol. The van der Waals surface area contributed by atoms with Gasteiger partial charge in [0.25, 0.3) is 0 Å². The lowest BCUT2D eigenvalue weighted by Crippen LogP contribution is -2.46. The summed E-state index contributed by atoms with van der Waals surface area (Å²) in [6, 6.07) is 0.404. The summed E-state index contributed by atoms with van der Waals surface area (Å²) in [5.41, 5.74) is 0. The second-order valence-corrected chi connectivity index (χ2v) is 7.13. The van der Waals surface area contributed by atoms with Crippen molar-refractivity contribution in [2.45, 2.75) is 64.3 Å². The topological polar surface area (TPSA) is 41.1 Å². The summed E-state index contributed by atoms with van der Waals surface area (Å²) in [6.45, 7) is 3.07. The molecule has 108 valence electrons. The average molecular weight is 264 g/mol. The first-order valence-electron chi connectivity index (χ1n) is 8.26. The maximum absolute atomic E-state index is 12.0. The fourth-order valence-electron chi connectivity index (χ4n) is 4.72. The van der Waals surface area contributed by atoms with Crippen LogP contribution in [0.4, 0.5) is 4.79 Å². The second-order valence-electron chi connectivity index (χ2n) is 7.13. The number of carbonyl (C=O) groups is 1. The van der Waals surface area contributed by atoms with Gasteiger partial charge >= 0.3 is 6.03 Å². The van der Waals surface area contributed by atoms with Crippen molar-refractivity contribution in [3.05, 3.63) is 0 Å². The summed E-state index contributed by atoms with van der Waals surface area (Å²) in [6.07, 6.45) is 10.9. The van der Waals surface area contributed by atoms with Crippen LogP contribution in [0.5, 0.6) is 0 Å². The monoisotopic (exact) mass is 264 g/mol. The van der Waals surface area contributed by atoms with Gasteiger partial charge in [-0.25, -0.2) is 4.79 Å². The van der Waals surface area contributed by atoms with Crippen LogP contribution in [0.3, 0.4) is 0 Å². The number of carbonyl (C=O) groups excluding carboxylic acids is 1. The van der Waals surface area contributed by atoms with E-state index in [9.17, 15) is 4.79 Å². The maximum Gasteiger partial charge on any atom is 0.315 e. The average Bonchev–Trinajstić information content (AvgIpc) is 3.13. The smallest absolute Gasteiger partial charge is 0.315 e. The molecule has 3 aliphatic rings. The van der Waals surface area contributed by atoms with E-state index in [1.165, 1.54) is 51.4 Å². The SMILES string of the molecule is CC(NC(=O)NCC1CCCC1)C1CC2CCC1C2. The van der Waals surface area contributed by atoms with Crippen molar-refractivity contribution in [2.75, 3.05) is 6.54 Å². The number of fused-ring (bicyclic) bond motifs is 2. The highest BCUT2D eigenvalue weighted by Gasteiger charge is 2.42. The molecular weight excluding hydrogens is 236 g/mol. The minimum atomic E-state index is 0.0576. The Kier molecular flexibility index (Phi) is 3.99. The molecule has 4 atom stereocenters. The van der Waals surface area contributed by atoms with E-state index in [2.05, 4.69) is 17.6 Å². The van der Waals surface area contributed by atoms with Crippen molar-refractivity contribution in [1.29, 1.82) is 0 Å². The summed E-state index contributed by atoms with van der Waals surface area (Å²) in [4.78, 5) is 12.0. The standard InChI is InChI=1S/C16H28N2O/c1-11(15-9-13-6-7-14(15)8-13)18-16(19)17-10-12-4-2-3-5-12/h11-15H,2-10H2,1H3,(H2,17,18,19). The van der Waals surface area contributed by atoms with Crippen molar-refractivity contribution >= 4 is 6.03 Å². The fourth-order valence-corrected chi connectivity index (χ4v) is 4.72. The van der Waals surface area contributed by atoms with E-state index in [1.807, 2.05) is 0 Å². The Balaban J connectivity index is 1.39. The summed E-state index contributed by atoms with van der Waals surface area (Å²) < 4.78 is 0. The number of amides is 2. The second kappa shape index (κ2) is 5.72. The van der Waals surface area contributed by atoms with E-state index < -0.39 is 0 Å². The molecule has 3 heteroatoms. The van der Waals surface area contributed by atoms with Gasteiger partial charge in [0.2, 0.25) is 0 Å². The van der Waals surface area contributed by atoms with Crippen LogP contribution in [-0.4, -0.2) is 18.6 Å². The first-order valence-corrected chi connectivity index (χ1v) is 8.26. The first-order chi connectivity index (χ1) is 9.22. The molecule has 3 nitrogen and oxygen atoms in total. The highest BCUT2D eigenvalue weighted by Crippen LogP contribution is 2.49. The zero-order valence-electron chi connectivity index (χ0n) is 12.2. The Morgan fingerprint density at radius 2 is 1.95 bits per heavy atom. The Morgan fingerprint density at radius 1 is 1.16 bits per heavy atom. The Labute approximate surface area is 116 Å². The van der Waals surface area contributed by atoms with E-state index in [1.54, 1.807) is 0 Å². The van der Waals surface area contributed by atoms with Crippen LogP contribution < -0.4 is 10.6 Å². The first kappa shape index (κ1) is 13.3. The Morgan fingerprint density at radius 3 is 2.58 bits per heavy atom. The van der Waals surface area contributed by atoms with Crippen molar-refractivity contribution in [1.82, 2.24) is 10.6 Å². The largest absolute Gasteiger partial charge is 0.338 e. The van der Waals surface area contributed by atoms with Gasteiger partial charge in [-0.3, -0.25) is 0 Å². The van der Waals surface area contributed by atoms with Crippen LogP contribution in [0.25, 0.3) is 0 Å². The molecule has 3 rings (SSSR count). The third kappa shape index (κ3) is 3.06. The van der Waals surface area contributed by atoms with E-state index in [4.69, 9.17) is 0 Å². The number of urea groups is 1. The quantitative estimate of drug-likeness (QED) is 0.803. The van der Waals surface area contributed by atoms with Crippen molar-refractivity contribution in [3.8, 4) is 0 Å². The molecule has 0 aromatic heterocycles. The zero-order valence-corrected chi connectivity index (χ0v) is 12.2. The number of hydrogen-bond acceptors (Lipinski definition) is 1. The molecule has 2 bridgehead atoms. The minimum absolute atomic E-state index is 0.0576. The van der Waals surface area contributed by atoms with Crippen LogP contribution in [0.1, 0.15) is 58.3 Å². The maximum atomic E-state index is 12.0. The summed E-state index contributed by atoms with van der Waals surface area (Å²) in [5.74, 6) is 3.30. The van der Waals surface area contributed by atoms with Gasteiger partial charge in [-0.2, -0.15) is 0 Å². The van der Waals surface area contributed by atoms with E-state index in [0.29, 0.717) is 6.04 Å². The number of nitrogens with one attached hydrogen (secondary N) is 2. The third-order valence-corrected chi connectivity index (χ3v) is 5.82. The van der Waals surface area contributed by atoms with Crippen LogP contribution in [0.15, 0.2) is 0 Å². The molecule has 3 fully saturated rings. The molecule has 0 saturated heterocycles. The third-order valence-electron chi connectivity index (χ3n) is 5.82. The lowest BCUT2D eigenvalue weighted by atomic mass is 9.84. The van der Waals surface area contributed by atoms with Crippen molar-refractivity contribution in [2.24, 2.45) is 23.7 Å². The molecule has 0 heterocycles. The highest BCUT2D eigenvalue weighted by molar-refractivity contribution is 5.74. The van der Waals surface area contributed by atoms with E-state index in [0.717, 1.165) is 30.2 Å². The molecular formula is C16H28N2O. The van der Waals surface area contributed by atoms with E-state index in [-0.39, 0.29) is 6.03 Å². The Bertz CT molecular complexity index is 325. The van der Waals surface area contributed by atoms with Gasteiger partial charge in [-0.1, -0.05) is 19.3 Å². The molecule has 2 N–H and O–H groups in total. The normalized spacial score (nSPS) is 35.5. The molecule has 0 spiro atoms. The van der Waals surface area contributed by atoms with Gasteiger partial charge in [-0.15, -0.1) is 0 Å². The van der Waals surface area contributed by atoms with Crippen LogP contribution in [0.2, 0.25) is 0 Å². The van der Waals surface area contributed by atoms with Crippen molar-refractivity contribution < 1.29 is 4.79 Å². The summed E-state index contributed by atoms with van der Waals surface area (Å²) >= 11 is 0. The number of hydrogen-bond donors (Lipinski definition) is 2. The van der Waals surface area contributed by atoms with Gasteiger partial charge in [-0.05, 0) is 62.7 Å². The van der Waals surface area contributed by atoms with Crippen molar-refractivity contribution in [3.63, 3.8) is 0 Å². The fraction of sp³-hybridized carbons (Fsp3) is 0.938. The highest BCUT2D eigenvalue weighted by atomic mass is 16.2. The molecule has 3 saturated carbocycles. The van der Waals surface area contributed by atoms with Gasteiger partial charge < -0.3 is 10.6 Å². The van der Waals surface area contributed by atoms with Crippen LogP contribution in [-0.2, 0) is 0 Å². The van der Waals surface area contributed by atoms with E-state index >= 15 is 0 Å². The molecule has 2 amide bonds. The van der Waals surface area contributed by atoms with Gasteiger partial charge in [0.05, 0.1) is 0 Å². The molecule has 4 unspecified atom stereocenters. The predicted octanol–water partition coefficient (Wildman–Crippen LogP) is 3.30. The molecule has 0 aliphatic heterocycles. The molecule has 3 aliphatic carbocycles. The minimum Gasteiger partial charge on any atom is -0.338 e.